The molecule has 0 spiro atoms. The number of hydrogen-bond acceptors (Lipinski definition) is 5. The van der Waals surface area contributed by atoms with E-state index in [2.05, 4.69) is 10.3 Å². The molecule has 7 nitrogen and oxygen atoms in total. The highest BCUT2D eigenvalue weighted by atomic mass is 16.5. The average Bonchev–Trinajstić information content (AvgIpc) is 3.36. The van der Waals surface area contributed by atoms with Crippen molar-refractivity contribution in [3.8, 4) is 11.3 Å². The number of hydrogen-bond donors (Lipinski definition) is 1. The molecule has 1 aliphatic rings. The van der Waals surface area contributed by atoms with Gasteiger partial charge in [-0.2, -0.15) is 0 Å². The van der Waals surface area contributed by atoms with Crippen molar-refractivity contribution in [3.63, 3.8) is 0 Å². The van der Waals surface area contributed by atoms with Crippen LogP contribution in [0.25, 0.3) is 11.3 Å². The summed E-state index contributed by atoms with van der Waals surface area (Å²) in [5.74, 6) is -0.0494. The first kappa shape index (κ1) is 18.1. The Bertz CT molecular complexity index is 766. The van der Waals surface area contributed by atoms with Crippen molar-refractivity contribution in [2.24, 2.45) is 0 Å². The number of carbonyl (C=O) groups is 2. The van der Waals surface area contributed by atoms with Crippen molar-refractivity contribution in [2.45, 2.75) is 19.3 Å². The van der Waals surface area contributed by atoms with Gasteiger partial charge in [0.25, 0.3) is 11.8 Å². The first-order valence-electron chi connectivity index (χ1n) is 8.81. The third-order valence-corrected chi connectivity index (χ3v) is 4.39. The SMILES string of the molecule is COCCCNC(=O)c1ncoc1-c1ccccc1C(=O)N1CCCC1. The molecule has 1 fully saturated rings. The van der Waals surface area contributed by atoms with Gasteiger partial charge in [0.15, 0.2) is 17.8 Å². The van der Waals surface area contributed by atoms with Gasteiger partial charge in [-0.1, -0.05) is 18.2 Å². The zero-order chi connectivity index (χ0) is 18.4. The Morgan fingerprint density at radius 2 is 2.04 bits per heavy atom. The van der Waals surface area contributed by atoms with E-state index >= 15 is 0 Å². The van der Waals surface area contributed by atoms with Crippen LogP contribution < -0.4 is 5.32 Å². The molecule has 138 valence electrons. The average molecular weight is 357 g/mol. The second-order valence-electron chi connectivity index (χ2n) is 6.18. The molecule has 0 unspecified atom stereocenters. The molecule has 1 aromatic heterocycles. The van der Waals surface area contributed by atoms with Gasteiger partial charge in [0, 0.05) is 38.9 Å². The number of rotatable bonds is 7. The highest BCUT2D eigenvalue weighted by molar-refractivity contribution is 6.04. The van der Waals surface area contributed by atoms with Gasteiger partial charge in [0.05, 0.1) is 5.56 Å². The number of nitrogens with zero attached hydrogens (tertiary/aromatic N) is 2. The minimum atomic E-state index is -0.326. The fourth-order valence-electron chi connectivity index (χ4n) is 3.06. The van der Waals surface area contributed by atoms with E-state index in [-0.39, 0.29) is 17.5 Å². The Kier molecular flexibility index (Phi) is 6.01. The predicted molar refractivity (Wildman–Crippen MR) is 95.9 cm³/mol. The van der Waals surface area contributed by atoms with Crippen LogP contribution in [0.2, 0.25) is 0 Å². The van der Waals surface area contributed by atoms with E-state index in [4.69, 9.17) is 9.15 Å². The maximum atomic E-state index is 12.8. The van der Waals surface area contributed by atoms with Crippen LogP contribution in [0.15, 0.2) is 35.1 Å². The van der Waals surface area contributed by atoms with Crippen molar-refractivity contribution in [1.82, 2.24) is 15.2 Å². The molecule has 3 rings (SSSR count). The van der Waals surface area contributed by atoms with Crippen LogP contribution in [0.3, 0.4) is 0 Å². The van der Waals surface area contributed by atoms with Gasteiger partial charge in [0.2, 0.25) is 0 Å². The Balaban J connectivity index is 1.83. The van der Waals surface area contributed by atoms with Crippen molar-refractivity contribution >= 4 is 11.8 Å². The maximum absolute atomic E-state index is 12.8. The van der Waals surface area contributed by atoms with E-state index in [0.717, 1.165) is 25.9 Å². The Morgan fingerprint density at radius 3 is 2.81 bits per heavy atom. The van der Waals surface area contributed by atoms with Crippen molar-refractivity contribution < 1.29 is 18.7 Å². The summed E-state index contributed by atoms with van der Waals surface area (Å²) in [6, 6.07) is 7.18. The van der Waals surface area contributed by atoms with Gasteiger partial charge in [-0.15, -0.1) is 0 Å². The number of methoxy groups -OCH3 is 1. The molecule has 0 atom stereocenters. The van der Waals surface area contributed by atoms with E-state index in [1.807, 2.05) is 17.0 Å². The smallest absolute Gasteiger partial charge is 0.273 e. The van der Waals surface area contributed by atoms with Gasteiger partial charge < -0.3 is 19.4 Å². The van der Waals surface area contributed by atoms with Crippen LogP contribution in [0, 0.1) is 0 Å². The summed E-state index contributed by atoms with van der Waals surface area (Å²) in [4.78, 5) is 31.2. The quantitative estimate of drug-likeness (QED) is 0.769. The Morgan fingerprint density at radius 1 is 1.27 bits per heavy atom. The zero-order valence-corrected chi connectivity index (χ0v) is 14.9. The number of oxazole rings is 1. The van der Waals surface area contributed by atoms with Crippen LogP contribution >= 0.6 is 0 Å². The highest BCUT2D eigenvalue weighted by Crippen LogP contribution is 2.28. The minimum absolute atomic E-state index is 0.0408. The lowest BCUT2D eigenvalue weighted by Gasteiger charge is -2.17. The summed E-state index contributed by atoms with van der Waals surface area (Å²) in [7, 11) is 1.62. The van der Waals surface area contributed by atoms with Gasteiger partial charge in [0.1, 0.15) is 0 Å². The van der Waals surface area contributed by atoms with Crippen LogP contribution in [0.1, 0.15) is 40.1 Å². The number of carbonyl (C=O) groups excluding carboxylic acids is 2. The third kappa shape index (κ3) is 3.94. The van der Waals surface area contributed by atoms with Gasteiger partial charge in [-0.3, -0.25) is 9.59 Å². The summed E-state index contributed by atoms with van der Waals surface area (Å²) in [5.41, 5.74) is 1.30. The second-order valence-corrected chi connectivity index (χ2v) is 6.18. The maximum Gasteiger partial charge on any atom is 0.273 e. The van der Waals surface area contributed by atoms with Crippen molar-refractivity contribution in [2.75, 3.05) is 33.4 Å². The molecule has 0 radical (unpaired) electrons. The van der Waals surface area contributed by atoms with Crippen LogP contribution in [-0.4, -0.2) is 55.0 Å². The van der Waals surface area contributed by atoms with E-state index in [9.17, 15) is 9.59 Å². The summed E-state index contributed by atoms with van der Waals surface area (Å²) < 4.78 is 10.5. The predicted octanol–water partition coefficient (Wildman–Crippen LogP) is 2.34. The monoisotopic (exact) mass is 357 g/mol. The summed E-state index contributed by atoms with van der Waals surface area (Å²) in [6.07, 6.45) is 3.98. The molecular weight excluding hydrogens is 334 g/mol. The first-order chi connectivity index (χ1) is 12.7. The third-order valence-electron chi connectivity index (χ3n) is 4.39. The summed E-state index contributed by atoms with van der Waals surface area (Å²) in [5, 5.41) is 2.80. The minimum Gasteiger partial charge on any atom is -0.443 e. The molecular formula is C19H23N3O4. The second kappa shape index (κ2) is 8.62. The van der Waals surface area contributed by atoms with E-state index < -0.39 is 0 Å². The standard InChI is InChI=1S/C19H23N3O4/c1-25-12-6-9-20-18(23)16-17(26-13-21-16)14-7-2-3-8-15(14)19(24)22-10-4-5-11-22/h2-3,7-8,13H,4-6,9-12H2,1H3,(H,20,23). The normalized spacial score (nSPS) is 13.8. The molecule has 0 bridgehead atoms. The molecule has 1 aromatic carbocycles. The van der Waals surface area contributed by atoms with E-state index in [1.54, 1.807) is 19.2 Å². The Hall–Kier alpha value is -2.67. The zero-order valence-electron chi connectivity index (χ0n) is 14.9. The van der Waals surface area contributed by atoms with Crippen molar-refractivity contribution in [1.29, 1.82) is 0 Å². The molecule has 2 amide bonds. The fraction of sp³-hybridized carbons (Fsp3) is 0.421. The topological polar surface area (TPSA) is 84.7 Å². The van der Waals surface area contributed by atoms with E-state index in [0.29, 0.717) is 36.5 Å². The molecule has 1 N–H and O–H groups in total. The van der Waals surface area contributed by atoms with Crippen molar-refractivity contribution in [3.05, 3.63) is 41.9 Å². The summed E-state index contributed by atoms with van der Waals surface area (Å²) >= 11 is 0. The number of aromatic nitrogens is 1. The van der Waals surface area contributed by atoms with Crippen LogP contribution in [0.5, 0.6) is 0 Å². The first-order valence-corrected chi connectivity index (χ1v) is 8.81. The molecule has 2 aromatic rings. The number of benzene rings is 1. The number of amides is 2. The number of nitrogens with one attached hydrogen (secondary N) is 1. The molecule has 2 heterocycles. The molecule has 0 saturated carbocycles. The van der Waals surface area contributed by atoms with Gasteiger partial charge >= 0.3 is 0 Å². The Labute approximate surface area is 152 Å². The molecule has 1 aliphatic heterocycles. The van der Waals surface area contributed by atoms with E-state index in [1.165, 1.54) is 6.39 Å². The lowest BCUT2D eigenvalue weighted by Crippen LogP contribution is -2.28. The molecule has 0 aliphatic carbocycles. The summed E-state index contributed by atoms with van der Waals surface area (Å²) in [6.45, 7) is 2.57. The van der Waals surface area contributed by atoms with Crippen LogP contribution in [-0.2, 0) is 4.74 Å². The highest BCUT2D eigenvalue weighted by Gasteiger charge is 2.26. The fourth-order valence-corrected chi connectivity index (χ4v) is 3.06. The lowest BCUT2D eigenvalue weighted by molar-refractivity contribution is 0.0792. The largest absolute Gasteiger partial charge is 0.443 e. The molecule has 7 heteroatoms. The number of likely N-dealkylation sites (tertiary alicyclic amines) is 1. The van der Waals surface area contributed by atoms with Gasteiger partial charge in [-0.05, 0) is 25.3 Å². The number of ether oxygens (including phenoxy) is 1. The molecule has 26 heavy (non-hydrogen) atoms. The molecule has 1 saturated heterocycles. The lowest BCUT2D eigenvalue weighted by atomic mass is 10.0. The van der Waals surface area contributed by atoms with Crippen LogP contribution in [0.4, 0.5) is 0 Å². The van der Waals surface area contributed by atoms with Gasteiger partial charge in [-0.25, -0.2) is 4.98 Å².